The van der Waals surface area contributed by atoms with E-state index in [9.17, 15) is 9.59 Å². The molecule has 0 spiro atoms. The molecule has 4 nitrogen and oxygen atoms in total. The molecule has 0 radical (unpaired) electrons. The molecule has 0 aliphatic carbocycles. The highest BCUT2D eigenvalue weighted by molar-refractivity contribution is 6.58. The van der Waals surface area contributed by atoms with Gasteiger partial charge >= 0.3 is 16.5 Å². The summed E-state index contributed by atoms with van der Waals surface area (Å²) in [6.45, 7) is 0. The second-order valence-corrected chi connectivity index (χ2v) is 3.01. The minimum atomic E-state index is -2.02. The van der Waals surface area contributed by atoms with Gasteiger partial charge in [0.25, 0.3) is 0 Å². The molecule has 0 bridgehead atoms. The van der Waals surface area contributed by atoms with Crippen molar-refractivity contribution in [2.45, 2.75) is 4.52 Å². The maximum Gasteiger partial charge on any atom is 0.419 e. The third kappa shape index (κ3) is 0.932. The largest absolute Gasteiger partial charge is 0.419 e. The van der Waals surface area contributed by atoms with Crippen molar-refractivity contribution in [1.82, 2.24) is 4.90 Å². The number of carbonyl (C=O) groups is 2. The van der Waals surface area contributed by atoms with E-state index >= 15 is 0 Å². The lowest BCUT2D eigenvalue weighted by molar-refractivity contribution is -0.127. The molecule has 1 fully saturated rings. The van der Waals surface area contributed by atoms with Gasteiger partial charge in [-0.2, -0.15) is 0 Å². The van der Waals surface area contributed by atoms with Crippen LogP contribution in [0.5, 0.6) is 0 Å². The zero-order chi connectivity index (χ0) is 7.94. The number of rotatable bonds is 0. The monoisotopic (exact) mass is 183 g/mol. The Labute approximate surface area is 66.6 Å². The third-order valence-corrected chi connectivity index (χ3v) is 1.52. The van der Waals surface area contributed by atoms with Crippen LogP contribution < -0.4 is 0 Å². The maximum atomic E-state index is 10.8. The molecule has 0 atom stereocenters. The van der Waals surface area contributed by atoms with Gasteiger partial charge in [0.1, 0.15) is 0 Å². The van der Waals surface area contributed by atoms with Crippen molar-refractivity contribution in [3.05, 3.63) is 0 Å². The van der Waals surface area contributed by atoms with Crippen molar-refractivity contribution < 1.29 is 14.3 Å². The van der Waals surface area contributed by atoms with E-state index in [4.69, 9.17) is 23.2 Å². The van der Waals surface area contributed by atoms with Crippen LogP contribution in [0.3, 0.4) is 0 Å². The number of cyclic esters (lactones) is 1. The summed E-state index contributed by atoms with van der Waals surface area (Å²) in [4.78, 5) is 22.0. The molecule has 0 aromatic carbocycles. The van der Waals surface area contributed by atoms with E-state index in [1.54, 1.807) is 0 Å². The Balaban J connectivity index is 2.92. The van der Waals surface area contributed by atoms with Gasteiger partial charge in [-0.1, -0.05) is 0 Å². The van der Waals surface area contributed by atoms with Gasteiger partial charge in [-0.15, -0.1) is 0 Å². The summed E-state index contributed by atoms with van der Waals surface area (Å²) >= 11 is 10.5. The molecule has 2 amide bonds. The molecule has 1 heterocycles. The van der Waals surface area contributed by atoms with Crippen molar-refractivity contribution in [2.24, 2.45) is 0 Å². The number of carbonyl (C=O) groups excluding carboxylic acids is 2. The van der Waals surface area contributed by atoms with Crippen LogP contribution in [0.4, 0.5) is 4.79 Å². The van der Waals surface area contributed by atoms with Crippen LogP contribution >= 0.6 is 23.2 Å². The molecule has 10 heavy (non-hydrogen) atoms. The fourth-order valence-corrected chi connectivity index (χ4v) is 0.885. The van der Waals surface area contributed by atoms with Gasteiger partial charge in [-0.25, -0.2) is 9.69 Å². The average Bonchev–Trinajstić information content (AvgIpc) is 1.95. The number of alkyl halides is 2. The van der Waals surface area contributed by atoms with Gasteiger partial charge in [-0.05, 0) is 23.2 Å². The number of hydrogen-bond acceptors (Lipinski definition) is 3. The Kier molecular flexibility index (Phi) is 1.53. The molecule has 56 valence electrons. The quantitative estimate of drug-likeness (QED) is 0.521. The predicted molar refractivity (Wildman–Crippen MR) is 33.7 cm³/mol. The number of ether oxygens (including phenoxy) is 1. The molecule has 1 saturated heterocycles. The van der Waals surface area contributed by atoms with Crippen LogP contribution in [0.2, 0.25) is 0 Å². The van der Waals surface area contributed by atoms with E-state index in [2.05, 4.69) is 4.74 Å². The summed E-state index contributed by atoms with van der Waals surface area (Å²) in [5, 5.41) is 0. The molecule has 1 aliphatic rings. The topological polar surface area (TPSA) is 46.6 Å². The predicted octanol–water partition coefficient (Wildman–Crippen LogP) is 0.726. The summed E-state index contributed by atoms with van der Waals surface area (Å²) in [7, 11) is 1.23. The van der Waals surface area contributed by atoms with E-state index in [0.717, 1.165) is 0 Å². The van der Waals surface area contributed by atoms with Crippen LogP contribution in [0.1, 0.15) is 0 Å². The second kappa shape index (κ2) is 2.00. The Bertz CT molecular complexity index is 203. The molecule has 0 saturated carbocycles. The molecule has 0 aromatic heterocycles. The smallest absolute Gasteiger partial charge is 0.402 e. The lowest BCUT2D eigenvalue weighted by atomic mass is 10.6. The minimum absolute atomic E-state index is 0.708. The standard InChI is InChI=1S/C4H3Cl2NO3/c1-7-2(8)4(5,6)10-3(7)9/h1H3. The van der Waals surface area contributed by atoms with Crippen molar-refractivity contribution in [3.8, 4) is 0 Å². The fraction of sp³-hybridized carbons (Fsp3) is 0.500. The zero-order valence-corrected chi connectivity index (χ0v) is 6.44. The lowest BCUT2D eigenvalue weighted by Crippen LogP contribution is -2.29. The average molecular weight is 184 g/mol. The molecule has 0 unspecified atom stereocenters. The molecular formula is C4H3Cl2NO3. The Morgan fingerprint density at radius 1 is 1.50 bits per heavy atom. The summed E-state index contributed by atoms with van der Waals surface area (Å²) in [5.74, 6) is -0.763. The van der Waals surface area contributed by atoms with E-state index in [0.29, 0.717) is 4.90 Å². The first-order chi connectivity index (χ1) is 4.45. The molecule has 1 rings (SSSR count). The fourth-order valence-electron chi connectivity index (χ4n) is 0.500. The van der Waals surface area contributed by atoms with Gasteiger partial charge in [-0.3, -0.25) is 4.79 Å². The second-order valence-electron chi connectivity index (χ2n) is 1.75. The number of likely N-dealkylation sites (N-methyl/N-ethyl adjacent to an activating group) is 1. The summed E-state index contributed by atoms with van der Waals surface area (Å²) in [6.07, 6.45) is -0.838. The first-order valence-corrected chi connectivity index (χ1v) is 3.09. The van der Waals surface area contributed by atoms with E-state index in [1.165, 1.54) is 7.05 Å². The zero-order valence-electron chi connectivity index (χ0n) is 4.93. The van der Waals surface area contributed by atoms with Crippen LogP contribution in [0, 0.1) is 0 Å². The number of halogens is 2. The molecule has 0 aromatic rings. The van der Waals surface area contributed by atoms with Crippen LogP contribution in [0.25, 0.3) is 0 Å². The maximum absolute atomic E-state index is 10.8. The van der Waals surface area contributed by atoms with Crippen LogP contribution in [-0.2, 0) is 9.53 Å². The highest BCUT2D eigenvalue weighted by atomic mass is 35.5. The van der Waals surface area contributed by atoms with Crippen LogP contribution in [0.15, 0.2) is 0 Å². The van der Waals surface area contributed by atoms with Crippen molar-refractivity contribution in [2.75, 3.05) is 7.05 Å². The number of nitrogens with zero attached hydrogens (tertiary/aromatic N) is 1. The summed E-state index contributed by atoms with van der Waals surface area (Å²) in [5.41, 5.74) is 0. The van der Waals surface area contributed by atoms with Crippen molar-refractivity contribution >= 4 is 35.2 Å². The van der Waals surface area contributed by atoms with Gasteiger partial charge < -0.3 is 4.74 Å². The number of imide groups is 1. The highest BCUT2D eigenvalue weighted by Gasteiger charge is 2.50. The molecule has 1 aliphatic heterocycles. The van der Waals surface area contributed by atoms with Crippen LogP contribution in [-0.4, -0.2) is 28.5 Å². The SMILES string of the molecule is CN1C(=O)OC(Cl)(Cl)C1=O. The Morgan fingerprint density at radius 3 is 2.10 bits per heavy atom. The van der Waals surface area contributed by atoms with Gasteiger partial charge in [0.15, 0.2) is 0 Å². The normalized spacial score (nSPS) is 23.3. The first-order valence-electron chi connectivity index (χ1n) is 2.34. The first kappa shape index (κ1) is 7.63. The molecule has 0 N–H and O–H groups in total. The lowest BCUT2D eigenvalue weighted by Gasteiger charge is -2.04. The van der Waals surface area contributed by atoms with Crippen molar-refractivity contribution in [3.63, 3.8) is 0 Å². The van der Waals surface area contributed by atoms with Gasteiger partial charge in [0, 0.05) is 7.05 Å². The number of hydrogen-bond donors (Lipinski definition) is 0. The Morgan fingerprint density at radius 2 is 2.00 bits per heavy atom. The highest BCUT2D eigenvalue weighted by Crippen LogP contribution is 2.31. The third-order valence-electron chi connectivity index (χ3n) is 1.04. The molecule has 6 heteroatoms. The van der Waals surface area contributed by atoms with Crippen molar-refractivity contribution in [1.29, 1.82) is 0 Å². The number of amides is 2. The summed E-state index contributed by atoms with van der Waals surface area (Å²) in [6, 6.07) is 0. The van der Waals surface area contributed by atoms with E-state index in [-0.39, 0.29) is 0 Å². The van der Waals surface area contributed by atoms with Gasteiger partial charge in [0.2, 0.25) is 0 Å². The minimum Gasteiger partial charge on any atom is -0.402 e. The summed E-state index contributed by atoms with van der Waals surface area (Å²) < 4.78 is 2.22. The Hall–Kier alpha value is -0.480. The van der Waals surface area contributed by atoms with Gasteiger partial charge in [0.05, 0.1) is 0 Å². The van der Waals surface area contributed by atoms with E-state index in [1.807, 2.05) is 0 Å². The molecular weight excluding hydrogens is 181 g/mol. The van der Waals surface area contributed by atoms with E-state index < -0.39 is 16.5 Å².